The molecule has 0 aromatic heterocycles. The Bertz CT molecular complexity index is 531. The molecule has 1 aromatic rings. The zero-order valence-corrected chi connectivity index (χ0v) is 13.4. The van der Waals surface area contributed by atoms with Crippen molar-refractivity contribution >= 4 is 17.9 Å². The van der Waals surface area contributed by atoms with Crippen molar-refractivity contribution in [1.29, 1.82) is 0 Å². The number of carbonyl (C=O) groups excluding carboxylic acids is 3. The summed E-state index contributed by atoms with van der Waals surface area (Å²) in [6, 6.07) is 8.44. The van der Waals surface area contributed by atoms with E-state index in [1.165, 1.54) is 0 Å². The summed E-state index contributed by atoms with van der Waals surface area (Å²) in [4.78, 5) is 34.6. The van der Waals surface area contributed by atoms with E-state index >= 15 is 0 Å². The van der Waals surface area contributed by atoms with Crippen molar-refractivity contribution in [3.8, 4) is 0 Å². The molecule has 0 heterocycles. The zero-order chi connectivity index (χ0) is 17.2. The largest absolute Gasteiger partial charge is 0.445 e. The predicted molar refractivity (Wildman–Crippen MR) is 85.2 cm³/mol. The Morgan fingerprint density at radius 2 is 1.83 bits per heavy atom. The Labute approximate surface area is 135 Å². The molecular weight excluding hydrogens is 298 g/mol. The number of alkyl carbamates (subject to hydrolysis) is 1. The van der Waals surface area contributed by atoms with E-state index in [4.69, 9.17) is 10.5 Å². The Morgan fingerprint density at radius 1 is 1.17 bits per heavy atom. The summed E-state index contributed by atoms with van der Waals surface area (Å²) >= 11 is 0. The lowest BCUT2D eigenvalue weighted by Gasteiger charge is -2.19. The van der Waals surface area contributed by atoms with E-state index in [2.05, 4.69) is 10.6 Å². The SMILES string of the molecule is CC(C)C[C@H](NC(=O)OCc1ccccc1)C(=O)NCC(N)=O. The predicted octanol–water partition coefficient (Wildman–Crippen LogP) is 0.929. The van der Waals surface area contributed by atoms with Crippen LogP contribution in [0.15, 0.2) is 30.3 Å². The summed E-state index contributed by atoms with van der Waals surface area (Å²) < 4.78 is 5.09. The molecule has 4 N–H and O–H groups in total. The molecule has 0 aliphatic carbocycles. The van der Waals surface area contributed by atoms with Crippen LogP contribution in [0.3, 0.4) is 0 Å². The molecule has 7 heteroatoms. The van der Waals surface area contributed by atoms with Crippen LogP contribution in [0.25, 0.3) is 0 Å². The van der Waals surface area contributed by atoms with Crippen molar-refractivity contribution in [3.05, 3.63) is 35.9 Å². The van der Waals surface area contributed by atoms with Crippen LogP contribution in [0.2, 0.25) is 0 Å². The van der Waals surface area contributed by atoms with E-state index in [0.717, 1.165) is 5.56 Å². The highest BCUT2D eigenvalue weighted by atomic mass is 16.5. The van der Waals surface area contributed by atoms with Gasteiger partial charge in [-0.05, 0) is 17.9 Å². The Balaban J connectivity index is 2.52. The van der Waals surface area contributed by atoms with Gasteiger partial charge in [-0.2, -0.15) is 0 Å². The van der Waals surface area contributed by atoms with E-state index < -0.39 is 23.9 Å². The van der Waals surface area contributed by atoms with Crippen LogP contribution in [0.5, 0.6) is 0 Å². The van der Waals surface area contributed by atoms with Gasteiger partial charge in [0.2, 0.25) is 11.8 Å². The molecule has 126 valence electrons. The van der Waals surface area contributed by atoms with Crippen LogP contribution in [0.4, 0.5) is 4.79 Å². The van der Waals surface area contributed by atoms with Crippen LogP contribution in [-0.2, 0) is 20.9 Å². The minimum Gasteiger partial charge on any atom is -0.445 e. The standard InChI is InChI=1S/C16H23N3O4/c1-11(2)8-13(15(21)18-9-14(17)20)19-16(22)23-10-12-6-4-3-5-7-12/h3-7,11,13H,8-10H2,1-2H3,(H2,17,20)(H,18,21)(H,19,22)/t13-/m0/s1. The number of carbonyl (C=O) groups is 3. The molecule has 3 amide bonds. The van der Waals surface area contributed by atoms with Crippen LogP contribution < -0.4 is 16.4 Å². The fraction of sp³-hybridized carbons (Fsp3) is 0.438. The first kappa shape index (κ1) is 18.5. The smallest absolute Gasteiger partial charge is 0.408 e. The number of nitrogens with one attached hydrogen (secondary N) is 2. The monoisotopic (exact) mass is 321 g/mol. The first-order valence-corrected chi connectivity index (χ1v) is 7.41. The molecule has 0 aliphatic rings. The van der Waals surface area contributed by atoms with Gasteiger partial charge in [-0.15, -0.1) is 0 Å². The Kier molecular flexibility index (Phi) is 7.59. The van der Waals surface area contributed by atoms with Crippen molar-refractivity contribution in [3.63, 3.8) is 0 Å². The van der Waals surface area contributed by atoms with Gasteiger partial charge in [0.25, 0.3) is 0 Å². The lowest BCUT2D eigenvalue weighted by atomic mass is 10.0. The first-order valence-electron chi connectivity index (χ1n) is 7.41. The highest BCUT2D eigenvalue weighted by Gasteiger charge is 2.22. The molecule has 0 radical (unpaired) electrons. The molecule has 23 heavy (non-hydrogen) atoms. The highest BCUT2D eigenvalue weighted by Crippen LogP contribution is 2.06. The van der Waals surface area contributed by atoms with Crippen LogP contribution in [-0.4, -0.2) is 30.5 Å². The van der Waals surface area contributed by atoms with Gasteiger partial charge in [0, 0.05) is 0 Å². The van der Waals surface area contributed by atoms with E-state index in [-0.39, 0.29) is 19.1 Å². The van der Waals surface area contributed by atoms with E-state index in [1.54, 1.807) is 0 Å². The van der Waals surface area contributed by atoms with E-state index in [9.17, 15) is 14.4 Å². The molecule has 1 rings (SSSR count). The quantitative estimate of drug-likeness (QED) is 0.661. The molecule has 7 nitrogen and oxygen atoms in total. The number of amides is 3. The summed E-state index contributed by atoms with van der Waals surface area (Å²) in [5.74, 6) is -0.934. The maximum Gasteiger partial charge on any atom is 0.408 e. The summed E-state index contributed by atoms with van der Waals surface area (Å²) in [5, 5.41) is 4.90. The van der Waals surface area contributed by atoms with Gasteiger partial charge in [-0.25, -0.2) is 4.79 Å². The lowest BCUT2D eigenvalue weighted by Crippen LogP contribution is -2.49. The Morgan fingerprint density at radius 3 is 2.39 bits per heavy atom. The number of benzene rings is 1. The van der Waals surface area contributed by atoms with Crippen molar-refractivity contribution in [2.45, 2.75) is 32.9 Å². The van der Waals surface area contributed by atoms with E-state index in [1.807, 2.05) is 44.2 Å². The fourth-order valence-electron chi connectivity index (χ4n) is 1.91. The highest BCUT2D eigenvalue weighted by molar-refractivity contribution is 5.88. The molecule has 1 aromatic carbocycles. The third-order valence-corrected chi connectivity index (χ3v) is 2.97. The minimum absolute atomic E-state index is 0.115. The summed E-state index contributed by atoms with van der Waals surface area (Å²) in [5.41, 5.74) is 5.84. The number of hydrogen-bond donors (Lipinski definition) is 3. The normalized spacial score (nSPS) is 11.6. The van der Waals surface area contributed by atoms with Crippen molar-refractivity contribution < 1.29 is 19.1 Å². The molecule has 0 bridgehead atoms. The number of primary amides is 1. The molecule has 0 fully saturated rings. The maximum atomic E-state index is 12.0. The lowest BCUT2D eigenvalue weighted by molar-refractivity contribution is -0.126. The van der Waals surface area contributed by atoms with Gasteiger partial charge in [0.1, 0.15) is 12.6 Å². The topological polar surface area (TPSA) is 111 Å². The van der Waals surface area contributed by atoms with Crippen LogP contribution in [0.1, 0.15) is 25.8 Å². The van der Waals surface area contributed by atoms with E-state index in [0.29, 0.717) is 6.42 Å². The number of nitrogens with two attached hydrogens (primary N) is 1. The summed E-state index contributed by atoms with van der Waals surface area (Å²) in [7, 11) is 0. The van der Waals surface area contributed by atoms with Crippen LogP contribution >= 0.6 is 0 Å². The maximum absolute atomic E-state index is 12.0. The third-order valence-electron chi connectivity index (χ3n) is 2.97. The second-order valence-corrected chi connectivity index (χ2v) is 5.57. The van der Waals surface area contributed by atoms with Gasteiger partial charge >= 0.3 is 6.09 Å². The third kappa shape index (κ3) is 7.85. The first-order chi connectivity index (χ1) is 10.9. The Hall–Kier alpha value is -2.57. The minimum atomic E-state index is -0.780. The molecule has 0 aliphatic heterocycles. The number of rotatable bonds is 8. The molecule has 0 saturated carbocycles. The van der Waals surface area contributed by atoms with Crippen LogP contribution in [0, 0.1) is 5.92 Å². The second-order valence-electron chi connectivity index (χ2n) is 5.57. The van der Waals surface area contributed by atoms with Gasteiger partial charge in [-0.1, -0.05) is 44.2 Å². The molecule has 1 atom stereocenters. The number of ether oxygens (including phenoxy) is 1. The summed E-state index contributed by atoms with van der Waals surface area (Å²) in [6.07, 6.45) is -0.265. The van der Waals surface area contributed by atoms with Gasteiger partial charge < -0.3 is 21.1 Å². The fourth-order valence-corrected chi connectivity index (χ4v) is 1.91. The second kappa shape index (κ2) is 9.45. The van der Waals surface area contributed by atoms with Crippen molar-refractivity contribution in [1.82, 2.24) is 10.6 Å². The molecule has 0 unspecified atom stereocenters. The van der Waals surface area contributed by atoms with Gasteiger partial charge in [0.15, 0.2) is 0 Å². The number of hydrogen-bond acceptors (Lipinski definition) is 4. The average molecular weight is 321 g/mol. The molecule has 0 saturated heterocycles. The van der Waals surface area contributed by atoms with Gasteiger partial charge in [0.05, 0.1) is 6.54 Å². The zero-order valence-electron chi connectivity index (χ0n) is 13.4. The van der Waals surface area contributed by atoms with Gasteiger partial charge in [-0.3, -0.25) is 9.59 Å². The summed E-state index contributed by atoms with van der Waals surface area (Å²) in [6.45, 7) is 3.69. The van der Waals surface area contributed by atoms with Crippen molar-refractivity contribution in [2.24, 2.45) is 11.7 Å². The molecular formula is C16H23N3O4. The average Bonchev–Trinajstić information content (AvgIpc) is 2.50. The van der Waals surface area contributed by atoms with Crippen molar-refractivity contribution in [2.75, 3.05) is 6.54 Å². The molecule has 0 spiro atoms.